The van der Waals surface area contributed by atoms with Crippen molar-refractivity contribution >= 4 is 11.8 Å². The average Bonchev–Trinajstić information content (AvgIpc) is 2.83. The highest BCUT2D eigenvalue weighted by molar-refractivity contribution is 7.98. The highest BCUT2D eigenvalue weighted by atomic mass is 32.2. The lowest BCUT2D eigenvalue weighted by molar-refractivity contribution is 0.0565. The highest BCUT2D eigenvalue weighted by Gasteiger charge is 2.24. The third kappa shape index (κ3) is 4.86. The van der Waals surface area contributed by atoms with E-state index in [1.54, 1.807) is 11.8 Å². The lowest BCUT2D eigenvalue weighted by atomic mass is 9.87. The van der Waals surface area contributed by atoms with E-state index in [1.807, 2.05) is 26.8 Å². The minimum Gasteiger partial charge on any atom is -0.392 e. The first-order chi connectivity index (χ1) is 9.84. The van der Waals surface area contributed by atoms with E-state index in [9.17, 15) is 5.11 Å². The van der Waals surface area contributed by atoms with Crippen molar-refractivity contribution in [2.24, 2.45) is 5.41 Å². The Morgan fingerprint density at radius 1 is 1.33 bits per heavy atom. The maximum Gasteiger partial charge on any atom is 0.229 e. The van der Waals surface area contributed by atoms with E-state index in [-0.39, 0.29) is 5.41 Å². The molecule has 0 amide bonds. The normalized spacial score (nSPS) is 13.4. The van der Waals surface area contributed by atoms with Crippen LogP contribution in [0.2, 0.25) is 0 Å². The van der Waals surface area contributed by atoms with E-state index in [4.69, 9.17) is 4.52 Å². The molecule has 114 valence electrons. The molecular formula is C16H22N2O2S. The van der Waals surface area contributed by atoms with Crippen LogP contribution in [0, 0.1) is 12.3 Å². The first-order valence-corrected chi connectivity index (χ1v) is 8.02. The summed E-state index contributed by atoms with van der Waals surface area (Å²) >= 11 is 1.68. The number of aliphatic hydroxyl groups is 1. The summed E-state index contributed by atoms with van der Waals surface area (Å²) in [6.07, 6.45) is -0.0961. The second kappa shape index (κ2) is 6.62. The molecular weight excluding hydrogens is 284 g/mol. The third-order valence-corrected chi connectivity index (χ3v) is 4.23. The fourth-order valence-corrected chi connectivity index (χ4v) is 2.61. The van der Waals surface area contributed by atoms with Gasteiger partial charge in [-0.15, -0.1) is 11.8 Å². The van der Waals surface area contributed by atoms with Gasteiger partial charge in [-0.25, -0.2) is 0 Å². The number of benzene rings is 1. The molecule has 0 spiro atoms. The molecule has 0 radical (unpaired) electrons. The Labute approximate surface area is 130 Å². The summed E-state index contributed by atoms with van der Waals surface area (Å²) in [6, 6.07) is 8.32. The summed E-state index contributed by atoms with van der Waals surface area (Å²) in [6.45, 7) is 8.04. The molecule has 4 nitrogen and oxygen atoms in total. The van der Waals surface area contributed by atoms with Crippen molar-refractivity contribution in [3.63, 3.8) is 0 Å². The Morgan fingerprint density at radius 2 is 2.10 bits per heavy atom. The lowest BCUT2D eigenvalue weighted by Gasteiger charge is -2.24. The van der Waals surface area contributed by atoms with E-state index >= 15 is 0 Å². The van der Waals surface area contributed by atoms with Crippen LogP contribution in [0.5, 0.6) is 0 Å². The molecule has 1 atom stereocenters. The predicted octanol–water partition coefficient (Wildman–Crippen LogP) is 3.62. The lowest BCUT2D eigenvalue weighted by Crippen LogP contribution is -2.28. The zero-order chi connectivity index (χ0) is 15.5. The van der Waals surface area contributed by atoms with Crippen molar-refractivity contribution in [1.82, 2.24) is 10.1 Å². The van der Waals surface area contributed by atoms with Gasteiger partial charge in [-0.1, -0.05) is 43.6 Å². The number of aromatic nitrogens is 2. The van der Waals surface area contributed by atoms with Gasteiger partial charge in [-0.05, 0) is 24.5 Å². The average molecular weight is 306 g/mol. The van der Waals surface area contributed by atoms with Crippen LogP contribution in [-0.4, -0.2) is 21.4 Å². The van der Waals surface area contributed by atoms with Gasteiger partial charge in [0.05, 0.1) is 18.3 Å². The van der Waals surface area contributed by atoms with Crippen LogP contribution in [0.15, 0.2) is 33.7 Å². The molecule has 0 saturated heterocycles. The number of aryl methyl sites for hydroxylation is 1. The van der Waals surface area contributed by atoms with Crippen LogP contribution in [-0.2, 0) is 12.2 Å². The maximum absolute atomic E-state index is 10.1. The van der Waals surface area contributed by atoms with Gasteiger partial charge in [0.25, 0.3) is 0 Å². The van der Waals surface area contributed by atoms with Gasteiger partial charge in [0.15, 0.2) is 5.82 Å². The standard InChI is InChI=1S/C16H22N2O2S/c1-11-6-5-7-12(8-11)21-10-14-17-15(20-18-14)9-13(19)16(2,3)4/h5-8,13,19H,9-10H2,1-4H3. The van der Waals surface area contributed by atoms with Gasteiger partial charge in [0.1, 0.15) is 0 Å². The molecule has 21 heavy (non-hydrogen) atoms. The van der Waals surface area contributed by atoms with Crippen LogP contribution >= 0.6 is 11.8 Å². The smallest absolute Gasteiger partial charge is 0.229 e. The van der Waals surface area contributed by atoms with Crippen LogP contribution < -0.4 is 0 Å². The summed E-state index contributed by atoms with van der Waals surface area (Å²) in [5, 5.41) is 14.0. The zero-order valence-electron chi connectivity index (χ0n) is 13.0. The number of hydrogen-bond acceptors (Lipinski definition) is 5. The topological polar surface area (TPSA) is 59.2 Å². The minimum absolute atomic E-state index is 0.190. The van der Waals surface area contributed by atoms with Crippen LogP contribution in [0.1, 0.15) is 38.0 Å². The summed E-state index contributed by atoms with van der Waals surface area (Å²) in [5.41, 5.74) is 1.05. The summed E-state index contributed by atoms with van der Waals surface area (Å²) in [7, 11) is 0. The molecule has 0 saturated carbocycles. The minimum atomic E-state index is -0.491. The number of aliphatic hydroxyl groups excluding tert-OH is 1. The van der Waals surface area contributed by atoms with Gasteiger partial charge >= 0.3 is 0 Å². The second-order valence-corrected chi connectivity index (χ2v) is 7.34. The Bertz CT molecular complexity index is 590. The van der Waals surface area contributed by atoms with E-state index in [2.05, 4.69) is 35.3 Å². The SMILES string of the molecule is Cc1cccc(SCc2noc(CC(O)C(C)(C)C)n2)c1. The third-order valence-electron chi connectivity index (χ3n) is 3.24. The van der Waals surface area contributed by atoms with E-state index in [0.29, 0.717) is 23.9 Å². The first kappa shape index (κ1) is 16.0. The summed E-state index contributed by atoms with van der Waals surface area (Å²) < 4.78 is 5.21. The Balaban J connectivity index is 1.91. The second-order valence-electron chi connectivity index (χ2n) is 6.30. The number of rotatable bonds is 5. The van der Waals surface area contributed by atoms with Gasteiger partial charge in [0, 0.05) is 4.90 Å². The Hall–Kier alpha value is -1.33. The highest BCUT2D eigenvalue weighted by Crippen LogP contribution is 2.24. The maximum atomic E-state index is 10.1. The van der Waals surface area contributed by atoms with Crippen molar-refractivity contribution in [2.45, 2.75) is 50.9 Å². The van der Waals surface area contributed by atoms with Crippen LogP contribution in [0.25, 0.3) is 0 Å². The molecule has 5 heteroatoms. The molecule has 1 N–H and O–H groups in total. The predicted molar refractivity (Wildman–Crippen MR) is 84.2 cm³/mol. The van der Waals surface area contributed by atoms with Gasteiger partial charge in [0.2, 0.25) is 5.89 Å². The molecule has 0 aliphatic heterocycles. The molecule has 0 bridgehead atoms. The molecule has 1 aromatic heterocycles. The fraction of sp³-hybridized carbons (Fsp3) is 0.500. The van der Waals surface area contributed by atoms with Crippen molar-refractivity contribution < 1.29 is 9.63 Å². The van der Waals surface area contributed by atoms with Crippen molar-refractivity contribution in [3.05, 3.63) is 41.5 Å². The van der Waals surface area contributed by atoms with Crippen LogP contribution in [0.4, 0.5) is 0 Å². The Morgan fingerprint density at radius 3 is 2.76 bits per heavy atom. The number of thioether (sulfide) groups is 1. The fourth-order valence-electron chi connectivity index (χ4n) is 1.76. The largest absolute Gasteiger partial charge is 0.392 e. The zero-order valence-corrected chi connectivity index (χ0v) is 13.8. The summed E-state index contributed by atoms with van der Waals surface area (Å²) in [5.74, 6) is 1.83. The quantitative estimate of drug-likeness (QED) is 0.855. The van der Waals surface area contributed by atoms with E-state index in [0.717, 1.165) is 0 Å². The molecule has 1 heterocycles. The van der Waals surface area contributed by atoms with Gasteiger partial charge in [-0.3, -0.25) is 0 Å². The molecule has 1 unspecified atom stereocenters. The van der Waals surface area contributed by atoms with Crippen molar-refractivity contribution in [3.8, 4) is 0 Å². The van der Waals surface area contributed by atoms with Crippen molar-refractivity contribution in [1.29, 1.82) is 0 Å². The van der Waals surface area contributed by atoms with Gasteiger partial charge < -0.3 is 9.63 Å². The number of hydrogen-bond donors (Lipinski definition) is 1. The number of nitrogens with zero attached hydrogens (tertiary/aromatic N) is 2. The van der Waals surface area contributed by atoms with Crippen molar-refractivity contribution in [2.75, 3.05) is 0 Å². The molecule has 2 rings (SSSR count). The van der Waals surface area contributed by atoms with Crippen LogP contribution in [0.3, 0.4) is 0 Å². The molecule has 0 aliphatic carbocycles. The molecule has 0 fully saturated rings. The first-order valence-electron chi connectivity index (χ1n) is 7.03. The van der Waals surface area contributed by atoms with E-state index < -0.39 is 6.10 Å². The monoisotopic (exact) mass is 306 g/mol. The Kier molecular flexibility index (Phi) is 5.06. The van der Waals surface area contributed by atoms with E-state index in [1.165, 1.54) is 10.5 Å². The summed E-state index contributed by atoms with van der Waals surface area (Å²) in [4.78, 5) is 5.53. The molecule has 2 aromatic rings. The molecule has 1 aromatic carbocycles. The molecule has 0 aliphatic rings. The van der Waals surface area contributed by atoms with Gasteiger partial charge in [-0.2, -0.15) is 4.98 Å².